The molecule has 1 heterocycles. The van der Waals surface area contributed by atoms with Crippen LogP contribution in [0.25, 0.3) is 0 Å². The zero-order valence-electron chi connectivity index (χ0n) is 11.7. The summed E-state index contributed by atoms with van der Waals surface area (Å²) >= 11 is 4.41. The lowest BCUT2D eigenvalue weighted by Crippen LogP contribution is -2.47. The zero-order valence-corrected chi connectivity index (χ0v) is 12.6. The number of thiol groups is 1. The molecule has 0 bridgehead atoms. The molecule has 0 fully saturated rings. The van der Waals surface area contributed by atoms with E-state index in [0.29, 0.717) is 18.4 Å². The molecule has 1 amide bonds. The highest BCUT2D eigenvalue weighted by Crippen LogP contribution is 2.34. The third kappa shape index (κ3) is 2.89. The summed E-state index contributed by atoms with van der Waals surface area (Å²) < 4.78 is 5.64. The van der Waals surface area contributed by atoms with Gasteiger partial charge < -0.3 is 9.64 Å². The average Bonchev–Trinajstić information content (AvgIpc) is 2.39. The Labute approximate surface area is 120 Å². The second-order valence-electron chi connectivity index (χ2n) is 5.36. The summed E-state index contributed by atoms with van der Waals surface area (Å²) in [6, 6.07) is 7.72. The fourth-order valence-electron chi connectivity index (χ4n) is 2.26. The van der Waals surface area contributed by atoms with Crippen LogP contribution in [0.3, 0.4) is 0 Å². The van der Waals surface area contributed by atoms with Crippen molar-refractivity contribution in [3.63, 3.8) is 0 Å². The number of hydrogen-bond acceptors (Lipinski definition) is 3. The van der Waals surface area contributed by atoms with Gasteiger partial charge in [0.25, 0.3) is 5.91 Å². The third-order valence-corrected chi connectivity index (χ3v) is 4.14. The molecule has 2 unspecified atom stereocenters. The Kier molecular flexibility index (Phi) is 4.40. The van der Waals surface area contributed by atoms with Crippen molar-refractivity contribution < 1.29 is 9.53 Å². The predicted molar refractivity (Wildman–Crippen MR) is 81.1 cm³/mol. The number of fused-ring (bicyclic) bond motifs is 1. The van der Waals surface area contributed by atoms with Gasteiger partial charge in [0.2, 0.25) is 0 Å². The molecule has 0 aromatic heterocycles. The lowest BCUT2D eigenvalue weighted by molar-refractivity contribution is -0.125. The Bertz CT molecular complexity index is 461. The summed E-state index contributed by atoms with van der Waals surface area (Å²) in [6.07, 6.45) is -0.414. The van der Waals surface area contributed by atoms with Gasteiger partial charge in [-0.15, -0.1) is 0 Å². The van der Waals surface area contributed by atoms with Crippen LogP contribution in [0.1, 0.15) is 20.8 Å². The quantitative estimate of drug-likeness (QED) is 0.859. The highest BCUT2D eigenvalue weighted by molar-refractivity contribution is 7.80. The summed E-state index contributed by atoms with van der Waals surface area (Å²) in [6.45, 7) is 6.84. The molecule has 0 saturated carbocycles. The molecule has 1 aromatic carbocycles. The molecule has 0 radical (unpaired) electrons. The molecule has 3 nitrogen and oxygen atoms in total. The van der Waals surface area contributed by atoms with E-state index < -0.39 is 6.10 Å². The Morgan fingerprint density at radius 3 is 2.68 bits per heavy atom. The van der Waals surface area contributed by atoms with Gasteiger partial charge in [-0.3, -0.25) is 4.79 Å². The van der Waals surface area contributed by atoms with Crippen molar-refractivity contribution in [2.75, 3.05) is 17.2 Å². The lowest BCUT2D eigenvalue weighted by atomic mass is 9.96. The maximum Gasteiger partial charge on any atom is 0.267 e. The first-order valence-corrected chi connectivity index (χ1v) is 7.35. The molecule has 2 rings (SSSR count). The molecule has 0 spiro atoms. The standard InChI is InChI=1S/C15H21NO2S/c1-10(2)12(9-19)8-16-13-6-4-5-7-14(13)18-11(3)15(16)17/h4-7,10-12,19H,8-9H2,1-3H3. The van der Waals surface area contributed by atoms with Crippen LogP contribution in [-0.2, 0) is 4.79 Å². The smallest absolute Gasteiger partial charge is 0.267 e. The highest BCUT2D eigenvalue weighted by atomic mass is 32.1. The van der Waals surface area contributed by atoms with Gasteiger partial charge >= 0.3 is 0 Å². The molecular weight excluding hydrogens is 258 g/mol. The van der Waals surface area contributed by atoms with Crippen LogP contribution in [0.15, 0.2) is 24.3 Å². The molecule has 1 aliphatic rings. The first kappa shape index (κ1) is 14.3. The summed E-state index contributed by atoms with van der Waals surface area (Å²) in [5.74, 6) is 2.47. The largest absolute Gasteiger partial charge is 0.479 e. The molecule has 1 aliphatic heterocycles. The van der Waals surface area contributed by atoms with Crippen LogP contribution >= 0.6 is 12.6 Å². The van der Waals surface area contributed by atoms with E-state index in [0.717, 1.165) is 17.2 Å². The predicted octanol–water partition coefficient (Wildman–Crippen LogP) is 3.00. The monoisotopic (exact) mass is 279 g/mol. The summed E-state index contributed by atoms with van der Waals surface area (Å²) in [5.41, 5.74) is 0.873. The molecule has 1 aromatic rings. The number of carbonyl (C=O) groups is 1. The van der Waals surface area contributed by atoms with Crippen LogP contribution in [-0.4, -0.2) is 24.3 Å². The minimum absolute atomic E-state index is 0.0335. The van der Waals surface area contributed by atoms with Crippen LogP contribution in [0.4, 0.5) is 5.69 Å². The van der Waals surface area contributed by atoms with Crippen molar-refractivity contribution in [1.82, 2.24) is 0 Å². The van der Waals surface area contributed by atoms with Crippen molar-refractivity contribution >= 4 is 24.2 Å². The van der Waals surface area contributed by atoms with E-state index in [1.54, 1.807) is 6.92 Å². The minimum atomic E-state index is -0.414. The van der Waals surface area contributed by atoms with E-state index in [-0.39, 0.29) is 5.91 Å². The molecule has 4 heteroatoms. The maximum absolute atomic E-state index is 12.3. The number of carbonyl (C=O) groups excluding carboxylic acids is 1. The van der Waals surface area contributed by atoms with Gasteiger partial charge in [-0.05, 0) is 36.6 Å². The molecule has 0 aliphatic carbocycles. The highest BCUT2D eigenvalue weighted by Gasteiger charge is 2.32. The summed E-state index contributed by atoms with van der Waals surface area (Å²) in [5, 5.41) is 0. The number of hydrogen-bond donors (Lipinski definition) is 1. The summed E-state index contributed by atoms with van der Waals surface area (Å²) in [7, 11) is 0. The average molecular weight is 279 g/mol. The van der Waals surface area contributed by atoms with Gasteiger partial charge in [0.1, 0.15) is 5.75 Å². The van der Waals surface area contributed by atoms with Crippen molar-refractivity contribution in [2.45, 2.75) is 26.9 Å². The number of amides is 1. The van der Waals surface area contributed by atoms with E-state index >= 15 is 0 Å². The molecule has 104 valence electrons. The second kappa shape index (κ2) is 5.87. The van der Waals surface area contributed by atoms with E-state index in [1.807, 2.05) is 29.2 Å². The molecular formula is C15H21NO2S. The van der Waals surface area contributed by atoms with Gasteiger partial charge in [-0.25, -0.2) is 0 Å². The van der Waals surface area contributed by atoms with Crippen molar-refractivity contribution in [1.29, 1.82) is 0 Å². The molecule has 19 heavy (non-hydrogen) atoms. The molecule has 0 N–H and O–H groups in total. The zero-order chi connectivity index (χ0) is 14.0. The third-order valence-electron chi connectivity index (χ3n) is 3.67. The van der Waals surface area contributed by atoms with Crippen molar-refractivity contribution in [2.24, 2.45) is 11.8 Å². The number of nitrogens with zero attached hydrogens (tertiary/aromatic N) is 1. The van der Waals surface area contributed by atoms with Gasteiger partial charge in [-0.1, -0.05) is 26.0 Å². The van der Waals surface area contributed by atoms with E-state index in [9.17, 15) is 4.79 Å². The number of benzene rings is 1. The van der Waals surface area contributed by atoms with Crippen LogP contribution in [0, 0.1) is 11.8 Å². The van der Waals surface area contributed by atoms with Crippen molar-refractivity contribution in [3.05, 3.63) is 24.3 Å². The van der Waals surface area contributed by atoms with Gasteiger partial charge in [0, 0.05) is 6.54 Å². The van der Waals surface area contributed by atoms with Crippen LogP contribution in [0.2, 0.25) is 0 Å². The van der Waals surface area contributed by atoms with Crippen LogP contribution in [0.5, 0.6) is 5.75 Å². The molecule has 0 saturated heterocycles. The number of ether oxygens (including phenoxy) is 1. The topological polar surface area (TPSA) is 29.5 Å². The summed E-state index contributed by atoms with van der Waals surface area (Å²) in [4.78, 5) is 14.2. The van der Waals surface area contributed by atoms with Crippen LogP contribution < -0.4 is 9.64 Å². The molecule has 2 atom stereocenters. The number of anilines is 1. The Hall–Kier alpha value is -1.16. The maximum atomic E-state index is 12.3. The Morgan fingerprint density at radius 2 is 2.05 bits per heavy atom. The van der Waals surface area contributed by atoms with Gasteiger partial charge in [-0.2, -0.15) is 12.6 Å². The first-order chi connectivity index (χ1) is 9.04. The number of para-hydroxylation sites is 2. The van der Waals surface area contributed by atoms with E-state index in [4.69, 9.17) is 4.74 Å². The lowest BCUT2D eigenvalue weighted by Gasteiger charge is -2.35. The fourth-order valence-corrected chi connectivity index (χ4v) is 2.80. The second-order valence-corrected chi connectivity index (χ2v) is 5.73. The van der Waals surface area contributed by atoms with Gasteiger partial charge in [0.05, 0.1) is 5.69 Å². The van der Waals surface area contributed by atoms with E-state index in [1.165, 1.54) is 0 Å². The first-order valence-electron chi connectivity index (χ1n) is 6.72. The Morgan fingerprint density at radius 1 is 1.37 bits per heavy atom. The number of rotatable bonds is 4. The van der Waals surface area contributed by atoms with Gasteiger partial charge in [0.15, 0.2) is 6.10 Å². The van der Waals surface area contributed by atoms with Crippen molar-refractivity contribution in [3.8, 4) is 5.75 Å². The Balaban J connectivity index is 2.30. The fraction of sp³-hybridized carbons (Fsp3) is 0.533. The SMILES string of the molecule is CC1Oc2ccccc2N(CC(CS)C(C)C)C1=O. The van der Waals surface area contributed by atoms with E-state index in [2.05, 4.69) is 26.5 Å². The minimum Gasteiger partial charge on any atom is -0.479 e. The normalized spacial score (nSPS) is 20.2.